The highest BCUT2D eigenvalue weighted by atomic mass is 32.2. The van der Waals surface area contributed by atoms with Crippen molar-refractivity contribution < 1.29 is 18.0 Å². The van der Waals surface area contributed by atoms with E-state index in [0.717, 1.165) is 47.9 Å². The van der Waals surface area contributed by atoms with E-state index in [0.29, 0.717) is 58.5 Å². The Morgan fingerprint density at radius 3 is 2.42 bits per heavy atom. The molecule has 0 unspecified atom stereocenters. The van der Waals surface area contributed by atoms with Gasteiger partial charge in [0, 0.05) is 49.8 Å². The third kappa shape index (κ3) is 5.17. The average molecular weight is 625 g/mol. The van der Waals surface area contributed by atoms with Crippen molar-refractivity contribution in [1.82, 2.24) is 33.9 Å². The number of imidazole rings is 1. The first-order valence-electron chi connectivity index (χ1n) is 15.1. The van der Waals surface area contributed by atoms with E-state index in [4.69, 9.17) is 9.97 Å². The van der Waals surface area contributed by atoms with Crippen LogP contribution in [0.25, 0.3) is 22.1 Å². The van der Waals surface area contributed by atoms with Crippen LogP contribution in [0.1, 0.15) is 60.6 Å². The normalized spacial score (nSPS) is 18.4. The molecule has 3 fully saturated rings. The summed E-state index contributed by atoms with van der Waals surface area (Å²) in [5, 5.41) is 4.82. The molecule has 7 rings (SSSR count). The Balaban J connectivity index is 1.22. The van der Waals surface area contributed by atoms with E-state index in [2.05, 4.69) is 32.8 Å². The van der Waals surface area contributed by atoms with E-state index in [-0.39, 0.29) is 36.4 Å². The smallest absolute Gasteiger partial charge is 0.265 e. The Kier molecular flexibility index (Phi) is 6.95. The second kappa shape index (κ2) is 10.6. The van der Waals surface area contributed by atoms with Gasteiger partial charge in [-0.2, -0.15) is 0 Å². The van der Waals surface area contributed by atoms with Gasteiger partial charge in [-0.3, -0.25) is 9.59 Å². The van der Waals surface area contributed by atoms with Crippen molar-refractivity contribution in [2.24, 2.45) is 7.05 Å². The summed E-state index contributed by atoms with van der Waals surface area (Å²) in [6.45, 7) is 5.05. The first-order valence-corrected chi connectivity index (χ1v) is 17.7. The zero-order valence-electron chi connectivity index (χ0n) is 24.7. The number of hydrogen-bond acceptors (Lipinski definition) is 9. The number of nitrogens with one attached hydrogen (secondary N) is 1. The fraction of sp³-hybridized carbons (Fsp3) is 0.552. The maximum absolute atomic E-state index is 13.5. The number of hydrogen-bond donors (Lipinski definition) is 1. The molecule has 5 heterocycles. The summed E-state index contributed by atoms with van der Waals surface area (Å²) in [6.07, 6.45) is 7.08. The van der Waals surface area contributed by atoms with Crippen LogP contribution in [0.3, 0.4) is 0 Å². The number of carbonyl (C=O) groups excluding carboxylic acids is 2. The maximum atomic E-state index is 13.5. The number of fused-ring (bicyclic) bond motifs is 3. The van der Waals surface area contributed by atoms with Crippen molar-refractivity contribution in [3.63, 3.8) is 0 Å². The topological polar surface area (TPSA) is 135 Å². The van der Waals surface area contributed by atoms with Gasteiger partial charge in [0.15, 0.2) is 20.8 Å². The average Bonchev–Trinajstić information content (AvgIpc) is 3.89. The van der Waals surface area contributed by atoms with Gasteiger partial charge in [0.2, 0.25) is 5.91 Å². The molecule has 2 aliphatic carbocycles. The number of aryl methyl sites for hydroxylation is 3. The van der Waals surface area contributed by atoms with Gasteiger partial charge >= 0.3 is 0 Å². The lowest BCUT2D eigenvalue weighted by Crippen LogP contribution is -2.43. The number of pyridine rings is 1. The number of aromatic nitrogens is 5. The summed E-state index contributed by atoms with van der Waals surface area (Å²) in [4.78, 5) is 45.5. The molecule has 0 bridgehead atoms. The third-order valence-electron chi connectivity index (χ3n) is 8.69. The highest BCUT2D eigenvalue weighted by Crippen LogP contribution is 2.39. The zero-order valence-corrected chi connectivity index (χ0v) is 26.3. The van der Waals surface area contributed by atoms with Gasteiger partial charge in [0.05, 0.1) is 35.5 Å². The van der Waals surface area contributed by atoms with Crippen LogP contribution in [0.4, 0.5) is 10.9 Å². The van der Waals surface area contributed by atoms with Crippen molar-refractivity contribution in [3.05, 3.63) is 28.7 Å². The van der Waals surface area contributed by atoms with Crippen LogP contribution in [0.15, 0.2) is 12.4 Å². The summed E-state index contributed by atoms with van der Waals surface area (Å²) in [5.74, 6) is 0.501. The molecule has 1 N–H and O–H groups in total. The fourth-order valence-electron chi connectivity index (χ4n) is 6.18. The Labute approximate surface area is 254 Å². The zero-order chi connectivity index (χ0) is 30.0. The number of rotatable bonds is 9. The molecule has 228 valence electrons. The summed E-state index contributed by atoms with van der Waals surface area (Å²) >= 11 is 1.25. The van der Waals surface area contributed by atoms with Crippen LogP contribution < -0.4 is 5.32 Å². The Hall–Kier alpha value is -3.52. The van der Waals surface area contributed by atoms with Crippen molar-refractivity contribution >= 4 is 66.0 Å². The Bertz CT molecular complexity index is 1840. The fourth-order valence-corrected chi connectivity index (χ4v) is 8.40. The lowest BCUT2D eigenvalue weighted by Gasteiger charge is -2.26. The van der Waals surface area contributed by atoms with Crippen LogP contribution in [0, 0.1) is 0 Å². The van der Waals surface area contributed by atoms with E-state index >= 15 is 0 Å². The van der Waals surface area contributed by atoms with Crippen molar-refractivity contribution in [3.8, 4) is 0 Å². The molecular formula is C29H36N8O4S2. The van der Waals surface area contributed by atoms with E-state index in [1.807, 2.05) is 18.5 Å². The van der Waals surface area contributed by atoms with Crippen molar-refractivity contribution in [1.29, 1.82) is 0 Å². The highest BCUT2D eigenvalue weighted by molar-refractivity contribution is 7.91. The molecule has 1 saturated heterocycles. The van der Waals surface area contributed by atoms with E-state index in [1.54, 1.807) is 11.2 Å². The van der Waals surface area contributed by atoms with E-state index in [1.165, 1.54) is 11.3 Å². The van der Waals surface area contributed by atoms with Gasteiger partial charge in [-0.05, 0) is 45.1 Å². The van der Waals surface area contributed by atoms with Gasteiger partial charge in [0.1, 0.15) is 16.0 Å². The number of thiazole rings is 1. The lowest BCUT2D eigenvalue weighted by atomic mass is 10.2. The second-order valence-corrected chi connectivity index (χ2v) is 15.1. The molecule has 4 aromatic heterocycles. The molecule has 1 aliphatic heterocycles. The highest BCUT2D eigenvalue weighted by Gasteiger charge is 2.42. The van der Waals surface area contributed by atoms with Gasteiger partial charge in [-0.25, -0.2) is 23.4 Å². The van der Waals surface area contributed by atoms with Crippen LogP contribution >= 0.6 is 11.3 Å². The predicted molar refractivity (Wildman–Crippen MR) is 166 cm³/mol. The summed E-state index contributed by atoms with van der Waals surface area (Å²) in [6, 6.07) is 2.90. The summed E-state index contributed by atoms with van der Waals surface area (Å²) in [5.41, 5.74) is 3.97. The minimum atomic E-state index is -3.10. The molecule has 12 nitrogen and oxygen atoms in total. The standard InChI is InChI=1S/C29H36N8O4S2/c1-4-21-25(28(39)35-10-12-43(40,41)13-11-35)42-29(31-21)33-26-23-24(34(3)16-30-23)20-14-19(36(5-2)27(20)32-26)15-22(38)37(17-6-7-17)18-8-9-18/h14,16-18H,4-13,15H2,1-3H3,(H,31,32,33). The van der Waals surface area contributed by atoms with E-state index < -0.39 is 9.84 Å². The van der Waals surface area contributed by atoms with Gasteiger partial charge in [-0.15, -0.1) is 0 Å². The number of nitrogens with zero attached hydrogens (tertiary/aromatic N) is 7. The Morgan fingerprint density at radius 2 is 1.79 bits per heavy atom. The van der Waals surface area contributed by atoms with Gasteiger partial charge in [0.25, 0.3) is 5.91 Å². The monoisotopic (exact) mass is 624 g/mol. The van der Waals surface area contributed by atoms with Crippen molar-refractivity contribution in [2.75, 3.05) is 29.9 Å². The lowest BCUT2D eigenvalue weighted by molar-refractivity contribution is -0.131. The van der Waals surface area contributed by atoms with Gasteiger partial charge in [-0.1, -0.05) is 18.3 Å². The SMILES string of the molecule is CCc1nc(Nc2nc3c(cc(CC(=O)N(C4CC4)C4CC4)n3CC)c3c2ncn3C)sc1C(=O)N1CCS(=O)(=O)CC1. The van der Waals surface area contributed by atoms with Crippen LogP contribution in [-0.2, 0) is 41.1 Å². The third-order valence-corrected chi connectivity index (χ3v) is 11.3. The molecule has 2 saturated carbocycles. The number of carbonyl (C=O) groups is 2. The van der Waals surface area contributed by atoms with Crippen molar-refractivity contribution in [2.45, 2.75) is 71.0 Å². The number of anilines is 2. The molecule has 3 aliphatic rings. The van der Waals surface area contributed by atoms with Crippen LogP contribution in [-0.4, -0.2) is 90.8 Å². The van der Waals surface area contributed by atoms with Crippen LogP contribution in [0.5, 0.6) is 0 Å². The van der Waals surface area contributed by atoms with E-state index in [9.17, 15) is 18.0 Å². The number of amides is 2. The minimum absolute atomic E-state index is 0.0183. The summed E-state index contributed by atoms with van der Waals surface area (Å²) < 4.78 is 27.8. The maximum Gasteiger partial charge on any atom is 0.265 e. The first-order chi connectivity index (χ1) is 20.7. The molecule has 43 heavy (non-hydrogen) atoms. The predicted octanol–water partition coefficient (Wildman–Crippen LogP) is 3.27. The first kappa shape index (κ1) is 28.3. The molecule has 14 heteroatoms. The molecule has 0 radical (unpaired) electrons. The molecule has 0 spiro atoms. The minimum Gasteiger partial charge on any atom is -0.336 e. The molecule has 0 aromatic carbocycles. The quantitative estimate of drug-likeness (QED) is 0.300. The molecular weight excluding hydrogens is 589 g/mol. The second-order valence-electron chi connectivity index (χ2n) is 11.8. The molecule has 2 amide bonds. The Morgan fingerprint density at radius 1 is 1.09 bits per heavy atom. The summed E-state index contributed by atoms with van der Waals surface area (Å²) in [7, 11) is -1.15. The van der Waals surface area contributed by atoms with Crippen LogP contribution in [0.2, 0.25) is 0 Å². The number of sulfone groups is 1. The van der Waals surface area contributed by atoms with Gasteiger partial charge < -0.3 is 24.3 Å². The largest absolute Gasteiger partial charge is 0.336 e. The molecule has 0 atom stereocenters. The molecule has 4 aromatic rings.